The fourth-order valence-electron chi connectivity index (χ4n) is 0.919. The molecule has 0 unspecified atom stereocenters. The molecule has 0 radical (unpaired) electrons. The first-order valence-electron chi connectivity index (χ1n) is 3.81. The van der Waals surface area contributed by atoms with Crippen molar-refractivity contribution < 1.29 is 4.39 Å². The average molecular weight is 188 g/mol. The molecule has 0 aromatic heterocycles. The lowest BCUT2D eigenvalue weighted by Crippen LogP contribution is -2.10. The lowest BCUT2D eigenvalue weighted by molar-refractivity contribution is 0.628. The second-order valence-corrected chi connectivity index (χ2v) is 3.33. The Morgan fingerprint density at radius 3 is 2.67 bits per heavy atom. The summed E-state index contributed by atoms with van der Waals surface area (Å²) in [5.41, 5.74) is 0.645. The predicted molar refractivity (Wildman–Crippen MR) is 50.2 cm³/mol. The standard InChI is InChI=1S/C9H11ClFN/c1-6(2)12-9-5-7(11)3-4-8(9)10/h3-6,12H,1-2H3. The summed E-state index contributed by atoms with van der Waals surface area (Å²) in [7, 11) is 0. The minimum Gasteiger partial charge on any atom is -0.382 e. The molecule has 0 aliphatic rings. The molecule has 0 saturated carbocycles. The Morgan fingerprint density at radius 2 is 2.08 bits per heavy atom. The number of hydrogen-bond acceptors (Lipinski definition) is 1. The van der Waals surface area contributed by atoms with E-state index in [0.29, 0.717) is 10.7 Å². The van der Waals surface area contributed by atoms with Crippen LogP contribution in [0, 0.1) is 5.82 Å². The first-order valence-corrected chi connectivity index (χ1v) is 4.19. The van der Waals surface area contributed by atoms with Crippen LogP contribution in [0.15, 0.2) is 18.2 Å². The fourth-order valence-corrected chi connectivity index (χ4v) is 1.09. The van der Waals surface area contributed by atoms with Gasteiger partial charge in [0.15, 0.2) is 0 Å². The van der Waals surface area contributed by atoms with Crippen LogP contribution in [0.2, 0.25) is 5.02 Å². The zero-order chi connectivity index (χ0) is 9.14. The van der Waals surface area contributed by atoms with E-state index in [-0.39, 0.29) is 11.9 Å². The summed E-state index contributed by atoms with van der Waals surface area (Å²) >= 11 is 5.81. The molecular formula is C9H11ClFN. The second-order valence-electron chi connectivity index (χ2n) is 2.92. The zero-order valence-electron chi connectivity index (χ0n) is 7.07. The van der Waals surface area contributed by atoms with Gasteiger partial charge in [-0.2, -0.15) is 0 Å². The smallest absolute Gasteiger partial charge is 0.125 e. The molecule has 1 aromatic carbocycles. The lowest BCUT2D eigenvalue weighted by Gasteiger charge is -2.11. The fraction of sp³-hybridized carbons (Fsp3) is 0.333. The van der Waals surface area contributed by atoms with E-state index in [1.54, 1.807) is 6.07 Å². The van der Waals surface area contributed by atoms with Crippen molar-refractivity contribution in [1.29, 1.82) is 0 Å². The summed E-state index contributed by atoms with van der Waals surface area (Å²) in [4.78, 5) is 0. The summed E-state index contributed by atoms with van der Waals surface area (Å²) in [6.07, 6.45) is 0. The Morgan fingerprint density at radius 1 is 1.42 bits per heavy atom. The summed E-state index contributed by atoms with van der Waals surface area (Å²) in [6, 6.07) is 4.53. The third kappa shape index (κ3) is 2.38. The largest absolute Gasteiger partial charge is 0.382 e. The van der Waals surface area contributed by atoms with E-state index in [4.69, 9.17) is 11.6 Å². The Kier molecular flexibility index (Phi) is 2.93. The predicted octanol–water partition coefficient (Wildman–Crippen LogP) is 3.30. The topological polar surface area (TPSA) is 12.0 Å². The normalized spacial score (nSPS) is 10.4. The van der Waals surface area contributed by atoms with Crippen LogP contribution in [0.5, 0.6) is 0 Å². The molecule has 1 nitrogen and oxygen atoms in total. The van der Waals surface area contributed by atoms with Crippen LogP contribution in [0.25, 0.3) is 0 Å². The maximum Gasteiger partial charge on any atom is 0.125 e. The van der Waals surface area contributed by atoms with Crippen molar-refractivity contribution >= 4 is 17.3 Å². The van der Waals surface area contributed by atoms with Crippen molar-refractivity contribution in [2.24, 2.45) is 0 Å². The average Bonchev–Trinajstić information content (AvgIpc) is 1.96. The highest BCUT2D eigenvalue weighted by Gasteiger charge is 2.02. The van der Waals surface area contributed by atoms with Gasteiger partial charge in [-0.1, -0.05) is 11.6 Å². The Hall–Kier alpha value is -0.760. The monoisotopic (exact) mass is 187 g/mol. The molecule has 0 fully saturated rings. The van der Waals surface area contributed by atoms with Crippen LogP contribution < -0.4 is 5.32 Å². The third-order valence-electron chi connectivity index (χ3n) is 1.37. The summed E-state index contributed by atoms with van der Waals surface area (Å²) < 4.78 is 12.7. The third-order valence-corrected chi connectivity index (χ3v) is 1.70. The molecule has 1 N–H and O–H groups in total. The van der Waals surface area contributed by atoms with Crippen molar-refractivity contribution in [3.8, 4) is 0 Å². The van der Waals surface area contributed by atoms with E-state index in [0.717, 1.165) is 0 Å². The van der Waals surface area contributed by atoms with Gasteiger partial charge in [0.05, 0.1) is 10.7 Å². The molecule has 0 atom stereocenters. The molecule has 0 amide bonds. The van der Waals surface area contributed by atoms with Gasteiger partial charge < -0.3 is 5.32 Å². The van der Waals surface area contributed by atoms with Crippen molar-refractivity contribution in [1.82, 2.24) is 0 Å². The van der Waals surface area contributed by atoms with Crippen LogP contribution >= 0.6 is 11.6 Å². The molecular weight excluding hydrogens is 177 g/mol. The van der Waals surface area contributed by atoms with Crippen LogP contribution in [-0.4, -0.2) is 6.04 Å². The molecule has 0 aliphatic carbocycles. The van der Waals surface area contributed by atoms with E-state index in [1.807, 2.05) is 13.8 Å². The first-order chi connectivity index (χ1) is 5.59. The molecule has 1 rings (SSSR count). The van der Waals surface area contributed by atoms with Gasteiger partial charge in [-0.3, -0.25) is 0 Å². The molecule has 1 aromatic rings. The van der Waals surface area contributed by atoms with E-state index >= 15 is 0 Å². The molecule has 0 heterocycles. The van der Waals surface area contributed by atoms with Crippen molar-refractivity contribution in [2.75, 3.05) is 5.32 Å². The van der Waals surface area contributed by atoms with Crippen LogP contribution in [-0.2, 0) is 0 Å². The molecule has 0 aliphatic heterocycles. The maximum absolute atomic E-state index is 12.7. The van der Waals surface area contributed by atoms with Gasteiger partial charge >= 0.3 is 0 Å². The molecule has 0 spiro atoms. The minimum atomic E-state index is -0.275. The second kappa shape index (κ2) is 3.76. The summed E-state index contributed by atoms with van der Waals surface area (Å²) in [5.74, 6) is -0.275. The minimum absolute atomic E-state index is 0.254. The number of rotatable bonds is 2. The highest BCUT2D eigenvalue weighted by molar-refractivity contribution is 6.33. The number of halogens is 2. The van der Waals surface area contributed by atoms with Crippen LogP contribution in [0.4, 0.5) is 10.1 Å². The van der Waals surface area contributed by atoms with E-state index in [9.17, 15) is 4.39 Å². The van der Waals surface area contributed by atoms with Gasteiger partial charge in [-0.05, 0) is 32.0 Å². The van der Waals surface area contributed by atoms with Crippen molar-refractivity contribution in [2.45, 2.75) is 19.9 Å². The highest BCUT2D eigenvalue weighted by atomic mass is 35.5. The van der Waals surface area contributed by atoms with E-state index in [2.05, 4.69) is 5.32 Å². The lowest BCUT2D eigenvalue weighted by atomic mass is 10.3. The summed E-state index contributed by atoms with van der Waals surface area (Å²) in [5, 5.41) is 3.59. The van der Waals surface area contributed by atoms with Gasteiger partial charge in [-0.25, -0.2) is 4.39 Å². The number of anilines is 1. The molecule has 0 saturated heterocycles. The quantitative estimate of drug-likeness (QED) is 0.749. The molecule has 3 heteroatoms. The molecule has 66 valence electrons. The Labute approximate surface area is 76.5 Å². The number of benzene rings is 1. The van der Waals surface area contributed by atoms with Gasteiger partial charge in [-0.15, -0.1) is 0 Å². The van der Waals surface area contributed by atoms with Gasteiger partial charge in [0, 0.05) is 6.04 Å². The SMILES string of the molecule is CC(C)Nc1cc(F)ccc1Cl. The van der Waals surface area contributed by atoms with E-state index in [1.165, 1.54) is 12.1 Å². The first kappa shape index (κ1) is 9.33. The number of nitrogens with one attached hydrogen (secondary N) is 1. The van der Waals surface area contributed by atoms with Crippen molar-refractivity contribution in [3.63, 3.8) is 0 Å². The highest BCUT2D eigenvalue weighted by Crippen LogP contribution is 2.22. The van der Waals surface area contributed by atoms with Crippen molar-refractivity contribution in [3.05, 3.63) is 29.0 Å². The molecule has 12 heavy (non-hydrogen) atoms. The molecule has 0 bridgehead atoms. The Bertz CT molecular complexity index is 273. The maximum atomic E-state index is 12.7. The summed E-state index contributed by atoms with van der Waals surface area (Å²) in [6.45, 7) is 3.95. The van der Waals surface area contributed by atoms with Gasteiger partial charge in [0.25, 0.3) is 0 Å². The van der Waals surface area contributed by atoms with Gasteiger partial charge in [0.2, 0.25) is 0 Å². The number of hydrogen-bond donors (Lipinski definition) is 1. The Balaban J connectivity index is 2.90. The zero-order valence-corrected chi connectivity index (χ0v) is 7.82. The van der Waals surface area contributed by atoms with Crippen LogP contribution in [0.3, 0.4) is 0 Å². The van der Waals surface area contributed by atoms with Gasteiger partial charge in [0.1, 0.15) is 5.82 Å². The van der Waals surface area contributed by atoms with E-state index < -0.39 is 0 Å². The van der Waals surface area contributed by atoms with Crippen LogP contribution in [0.1, 0.15) is 13.8 Å².